The highest BCUT2D eigenvalue weighted by Gasteiger charge is 2.36. The zero-order valence-corrected chi connectivity index (χ0v) is 17.0. The van der Waals surface area contributed by atoms with Gasteiger partial charge in [-0.05, 0) is 24.6 Å². The van der Waals surface area contributed by atoms with Crippen molar-refractivity contribution in [1.29, 1.82) is 0 Å². The Balaban J connectivity index is 1.77. The van der Waals surface area contributed by atoms with E-state index in [-0.39, 0.29) is 12.5 Å². The van der Waals surface area contributed by atoms with Gasteiger partial charge in [0.05, 0.1) is 11.8 Å². The van der Waals surface area contributed by atoms with Gasteiger partial charge in [0.1, 0.15) is 17.4 Å². The summed E-state index contributed by atoms with van der Waals surface area (Å²) in [5.41, 5.74) is 6.55. The van der Waals surface area contributed by atoms with Crippen LogP contribution < -0.4 is 16.4 Å². The van der Waals surface area contributed by atoms with Crippen LogP contribution in [0.4, 0.5) is 24.9 Å². The number of halogens is 3. The molecule has 3 aromatic rings. The molecule has 0 spiro atoms. The number of hydrogen-bond acceptors (Lipinski definition) is 7. The first-order valence-electron chi connectivity index (χ1n) is 9.57. The number of aliphatic hydroxyl groups excluding tert-OH is 1. The van der Waals surface area contributed by atoms with Crippen molar-refractivity contribution in [3.63, 3.8) is 0 Å². The quantitative estimate of drug-likeness (QED) is 0.419. The largest absolute Gasteiger partial charge is 0.421 e. The summed E-state index contributed by atoms with van der Waals surface area (Å²) in [6, 6.07) is 11.6. The van der Waals surface area contributed by atoms with Gasteiger partial charge >= 0.3 is 6.18 Å². The number of primary amides is 1. The zero-order chi connectivity index (χ0) is 23.3. The summed E-state index contributed by atoms with van der Waals surface area (Å²) in [4.78, 5) is 23.3. The van der Waals surface area contributed by atoms with Gasteiger partial charge in [0, 0.05) is 24.5 Å². The molecule has 1 aromatic carbocycles. The van der Waals surface area contributed by atoms with Crippen molar-refractivity contribution in [2.45, 2.75) is 31.8 Å². The van der Waals surface area contributed by atoms with Crippen molar-refractivity contribution in [1.82, 2.24) is 15.0 Å². The van der Waals surface area contributed by atoms with Crippen LogP contribution in [0.15, 0.2) is 54.9 Å². The van der Waals surface area contributed by atoms with Gasteiger partial charge in [0.2, 0.25) is 11.9 Å². The van der Waals surface area contributed by atoms with E-state index in [4.69, 9.17) is 5.73 Å². The molecule has 11 heteroatoms. The smallest absolute Gasteiger partial charge is 0.391 e. The molecule has 0 radical (unpaired) electrons. The normalized spacial score (nSPS) is 13.3. The number of pyridine rings is 1. The van der Waals surface area contributed by atoms with Gasteiger partial charge in [-0.1, -0.05) is 30.3 Å². The molecule has 2 atom stereocenters. The number of alkyl halides is 3. The molecule has 0 aliphatic heterocycles. The van der Waals surface area contributed by atoms with Gasteiger partial charge in [-0.2, -0.15) is 18.2 Å². The number of carbonyl (C=O) groups is 1. The molecule has 2 aromatic heterocycles. The Morgan fingerprint density at radius 2 is 1.88 bits per heavy atom. The third kappa shape index (κ3) is 5.70. The highest BCUT2D eigenvalue weighted by molar-refractivity contribution is 5.83. The first-order valence-corrected chi connectivity index (χ1v) is 9.57. The molecule has 3 rings (SSSR count). The van der Waals surface area contributed by atoms with E-state index in [1.54, 1.807) is 6.20 Å². The van der Waals surface area contributed by atoms with Crippen molar-refractivity contribution in [2.75, 3.05) is 10.6 Å². The summed E-state index contributed by atoms with van der Waals surface area (Å²) in [5.74, 6) is -1.78. The van der Waals surface area contributed by atoms with Crippen molar-refractivity contribution in [3.05, 3.63) is 66.0 Å². The molecule has 0 saturated carbocycles. The van der Waals surface area contributed by atoms with Crippen LogP contribution in [0.1, 0.15) is 18.1 Å². The summed E-state index contributed by atoms with van der Waals surface area (Å²) < 4.78 is 40.0. The monoisotopic (exact) mass is 446 g/mol. The van der Waals surface area contributed by atoms with Gasteiger partial charge in [0.15, 0.2) is 0 Å². The second-order valence-electron chi connectivity index (χ2n) is 6.98. The lowest BCUT2D eigenvalue weighted by Crippen LogP contribution is -2.44. The van der Waals surface area contributed by atoms with E-state index in [0.29, 0.717) is 6.20 Å². The summed E-state index contributed by atoms with van der Waals surface area (Å²) in [5, 5.41) is 14.8. The van der Waals surface area contributed by atoms with Crippen LogP contribution in [0.3, 0.4) is 0 Å². The highest BCUT2D eigenvalue weighted by atomic mass is 19.4. The molecule has 5 N–H and O–H groups in total. The number of aromatic nitrogens is 3. The molecule has 0 aliphatic rings. The minimum Gasteiger partial charge on any atom is -0.391 e. The van der Waals surface area contributed by atoms with Gasteiger partial charge in [-0.15, -0.1) is 0 Å². The number of hydrogen-bond donors (Lipinski definition) is 4. The number of amides is 1. The molecule has 0 fully saturated rings. The Labute approximate surface area is 181 Å². The van der Waals surface area contributed by atoms with Crippen molar-refractivity contribution in [3.8, 4) is 11.3 Å². The number of anilines is 2. The molecule has 0 bridgehead atoms. The summed E-state index contributed by atoms with van der Waals surface area (Å²) in [7, 11) is 0. The molecule has 8 nitrogen and oxygen atoms in total. The van der Waals surface area contributed by atoms with Crippen LogP contribution in [-0.2, 0) is 17.5 Å². The first kappa shape index (κ1) is 22.9. The Kier molecular flexibility index (Phi) is 6.89. The molecule has 2 heterocycles. The minimum absolute atomic E-state index is 0.0943. The lowest BCUT2D eigenvalue weighted by molar-refractivity contribution is -0.137. The topological polar surface area (TPSA) is 126 Å². The van der Waals surface area contributed by atoms with Gasteiger partial charge < -0.3 is 21.5 Å². The average molecular weight is 446 g/mol. The van der Waals surface area contributed by atoms with E-state index in [0.717, 1.165) is 16.8 Å². The standard InChI is InChI=1S/C21H21F3N6O2/c1-12(31)17(18(25)32)29-19-15(21(22,23)24)11-28-20(30-19)27-10-13-5-7-14(8-6-13)16-4-2-3-9-26-16/h2-9,11-12,17,31H,10H2,1H3,(H2,25,32)(H2,27,28,29,30)/t12-,17-/m0/s1. The van der Waals surface area contributed by atoms with E-state index in [1.807, 2.05) is 42.5 Å². The van der Waals surface area contributed by atoms with Crippen LogP contribution in [0.5, 0.6) is 0 Å². The van der Waals surface area contributed by atoms with E-state index in [2.05, 4.69) is 25.6 Å². The molecule has 0 aliphatic carbocycles. The van der Waals surface area contributed by atoms with Crippen molar-refractivity contribution < 1.29 is 23.1 Å². The first-order chi connectivity index (χ1) is 15.1. The van der Waals surface area contributed by atoms with E-state index in [1.165, 1.54) is 6.92 Å². The van der Waals surface area contributed by atoms with E-state index < -0.39 is 35.6 Å². The maximum Gasteiger partial charge on any atom is 0.421 e. The number of rotatable bonds is 8. The SMILES string of the molecule is C[C@H](O)[C@H](Nc1nc(NCc2ccc(-c3ccccn3)cc2)ncc1C(F)(F)F)C(N)=O. The predicted molar refractivity (Wildman–Crippen MR) is 112 cm³/mol. The van der Waals surface area contributed by atoms with Gasteiger partial charge in [-0.3, -0.25) is 9.78 Å². The predicted octanol–water partition coefficient (Wildman–Crippen LogP) is 2.82. The molecular formula is C21H21F3N6O2. The Morgan fingerprint density at radius 3 is 2.44 bits per heavy atom. The number of nitrogens with one attached hydrogen (secondary N) is 2. The van der Waals surface area contributed by atoms with Crippen molar-refractivity contribution in [2.24, 2.45) is 5.73 Å². The lowest BCUT2D eigenvalue weighted by atomic mass is 10.1. The fourth-order valence-electron chi connectivity index (χ4n) is 2.87. The number of aliphatic hydroxyl groups is 1. The third-order valence-electron chi connectivity index (χ3n) is 4.54. The number of nitrogens with zero attached hydrogens (tertiary/aromatic N) is 3. The number of nitrogens with two attached hydrogens (primary N) is 1. The van der Waals surface area contributed by atoms with Crippen molar-refractivity contribution >= 4 is 17.7 Å². The Hall–Kier alpha value is -3.73. The van der Waals surface area contributed by atoms with Crippen LogP contribution in [0.25, 0.3) is 11.3 Å². The summed E-state index contributed by atoms with van der Waals surface area (Å²) >= 11 is 0. The average Bonchev–Trinajstić information content (AvgIpc) is 2.76. The Morgan fingerprint density at radius 1 is 1.16 bits per heavy atom. The molecule has 168 valence electrons. The maximum absolute atomic E-state index is 13.3. The molecule has 0 unspecified atom stereocenters. The molecule has 0 saturated heterocycles. The number of carbonyl (C=O) groups excluding carboxylic acids is 1. The van der Waals surface area contributed by atoms with Gasteiger partial charge in [-0.25, -0.2) is 4.98 Å². The van der Waals surface area contributed by atoms with Crippen LogP contribution in [0, 0.1) is 0 Å². The highest BCUT2D eigenvalue weighted by Crippen LogP contribution is 2.34. The molecule has 1 amide bonds. The third-order valence-corrected chi connectivity index (χ3v) is 4.54. The number of benzene rings is 1. The van der Waals surface area contributed by atoms with E-state index >= 15 is 0 Å². The molecular weight excluding hydrogens is 425 g/mol. The van der Waals surface area contributed by atoms with Crippen LogP contribution in [0.2, 0.25) is 0 Å². The Bertz CT molecular complexity index is 1060. The minimum atomic E-state index is -4.77. The fraction of sp³-hybridized carbons (Fsp3) is 0.238. The maximum atomic E-state index is 13.3. The second-order valence-corrected chi connectivity index (χ2v) is 6.98. The van der Waals surface area contributed by atoms with Gasteiger partial charge in [0.25, 0.3) is 0 Å². The molecule has 32 heavy (non-hydrogen) atoms. The van der Waals surface area contributed by atoms with E-state index in [9.17, 15) is 23.1 Å². The van der Waals surface area contributed by atoms with Crippen LogP contribution in [-0.4, -0.2) is 38.1 Å². The fourth-order valence-corrected chi connectivity index (χ4v) is 2.87. The zero-order valence-electron chi connectivity index (χ0n) is 17.0. The lowest BCUT2D eigenvalue weighted by Gasteiger charge is -2.21. The summed E-state index contributed by atoms with van der Waals surface area (Å²) in [6.07, 6.45) is -3.82. The second kappa shape index (κ2) is 9.60. The summed E-state index contributed by atoms with van der Waals surface area (Å²) in [6.45, 7) is 1.47. The van der Waals surface area contributed by atoms with Crippen LogP contribution >= 0.6 is 0 Å².